The third-order valence-electron chi connectivity index (χ3n) is 3.28. The summed E-state index contributed by atoms with van der Waals surface area (Å²) in [6.45, 7) is 0. The van der Waals surface area contributed by atoms with Crippen molar-refractivity contribution in [2.45, 2.75) is 0 Å². The molecule has 0 spiro atoms. The van der Waals surface area contributed by atoms with Crippen LogP contribution >= 0.6 is 50.9 Å². The SMILES string of the molecule is COc1ccc(/C=C2\SC(=Nc3cccc(Cl)c3Cl)NC2=O)cc1Br. The number of hydrogen-bond donors (Lipinski definition) is 1. The molecule has 0 radical (unpaired) electrons. The van der Waals surface area contributed by atoms with Gasteiger partial charge in [0.1, 0.15) is 5.75 Å². The Labute approximate surface area is 167 Å². The van der Waals surface area contributed by atoms with Crippen molar-refractivity contribution >= 4 is 73.7 Å². The number of rotatable bonds is 3. The molecule has 128 valence electrons. The van der Waals surface area contributed by atoms with Crippen molar-refractivity contribution in [2.75, 3.05) is 7.11 Å². The Bertz CT molecular complexity index is 916. The summed E-state index contributed by atoms with van der Waals surface area (Å²) < 4.78 is 6.01. The second kappa shape index (κ2) is 7.83. The third-order valence-corrected chi connectivity index (χ3v) is 5.62. The second-order valence-electron chi connectivity index (χ2n) is 4.95. The number of thioether (sulfide) groups is 1. The predicted octanol–water partition coefficient (Wildman–Crippen LogP) is 5.66. The van der Waals surface area contributed by atoms with Gasteiger partial charge in [0, 0.05) is 0 Å². The average molecular weight is 458 g/mol. The lowest BCUT2D eigenvalue weighted by Gasteiger charge is -2.03. The number of nitrogens with one attached hydrogen (secondary N) is 1. The van der Waals surface area contributed by atoms with Crippen molar-refractivity contribution in [3.8, 4) is 5.75 Å². The minimum Gasteiger partial charge on any atom is -0.496 e. The monoisotopic (exact) mass is 456 g/mol. The highest BCUT2D eigenvalue weighted by Crippen LogP contribution is 2.35. The van der Waals surface area contributed by atoms with E-state index in [4.69, 9.17) is 27.9 Å². The highest BCUT2D eigenvalue weighted by Gasteiger charge is 2.24. The second-order valence-corrected chi connectivity index (χ2v) is 7.62. The largest absolute Gasteiger partial charge is 0.496 e. The molecule has 1 fully saturated rings. The van der Waals surface area contributed by atoms with Crippen LogP contribution in [0.5, 0.6) is 5.75 Å². The number of carbonyl (C=O) groups excluding carboxylic acids is 1. The summed E-state index contributed by atoms with van der Waals surface area (Å²) in [7, 11) is 1.60. The molecule has 2 aromatic rings. The Hall–Kier alpha value is -1.47. The molecule has 1 amide bonds. The molecule has 0 aliphatic carbocycles. The van der Waals surface area contributed by atoms with Crippen LogP contribution in [0.4, 0.5) is 5.69 Å². The number of amidine groups is 1. The number of nitrogens with zero attached hydrogens (tertiary/aromatic N) is 1. The van der Waals surface area contributed by atoms with E-state index in [0.29, 0.717) is 25.8 Å². The van der Waals surface area contributed by atoms with Gasteiger partial charge < -0.3 is 10.1 Å². The number of methoxy groups -OCH3 is 1. The molecule has 0 atom stereocenters. The molecule has 1 aliphatic rings. The van der Waals surface area contributed by atoms with Crippen molar-refractivity contribution < 1.29 is 9.53 Å². The van der Waals surface area contributed by atoms with Gasteiger partial charge in [-0.25, -0.2) is 4.99 Å². The maximum atomic E-state index is 12.2. The Morgan fingerprint density at radius 1 is 1.28 bits per heavy atom. The van der Waals surface area contributed by atoms with E-state index >= 15 is 0 Å². The molecule has 1 heterocycles. The maximum Gasteiger partial charge on any atom is 0.264 e. The first-order valence-corrected chi connectivity index (χ1v) is 9.41. The van der Waals surface area contributed by atoms with Crippen LogP contribution in [0, 0.1) is 0 Å². The van der Waals surface area contributed by atoms with Gasteiger partial charge in [-0.15, -0.1) is 0 Å². The summed E-state index contributed by atoms with van der Waals surface area (Å²) in [6, 6.07) is 10.7. The summed E-state index contributed by atoms with van der Waals surface area (Å²) in [6.07, 6.45) is 1.78. The normalized spacial score (nSPS) is 17.2. The van der Waals surface area contributed by atoms with Crippen LogP contribution in [-0.4, -0.2) is 18.2 Å². The zero-order chi connectivity index (χ0) is 18.0. The first-order chi connectivity index (χ1) is 12.0. The topological polar surface area (TPSA) is 50.7 Å². The molecule has 1 N–H and O–H groups in total. The molecular weight excluding hydrogens is 447 g/mol. The number of carbonyl (C=O) groups is 1. The van der Waals surface area contributed by atoms with Gasteiger partial charge in [-0.05, 0) is 63.6 Å². The van der Waals surface area contributed by atoms with Crippen LogP contribution in [0.3, 0.4) is 0 Å². The van der Waals surface area contributed by atoms with E-state index < -0.39 is 0 Å². The maximum absolute atomic E-state index is 12.2. The van der Waals surface area contributed by atoms with Gasteiger partial charge in [0.25, 0.3) is 5.91 Å². The molecule has 0 bridgehead atoms. The summed E-state index contributed by atoms with van der Waals surface area (Å²) in [5.41, 5.74) is 1.37. The fourth-order valence-electron chi connectivity index (χ4n) is 2.09. The Morgan fingerprint density at radius 3 is 2.80 bits per heavy atom. The number of aliphatic imine (C=N–C) groups is 1. The van der Waals surface area contributed by atoms with Crippen molar-refractivity contribution in [3.05, 3.63) is 61.4 Å². The Kier molecular flexibility index (Phi) is 5.74. The molecule has 25 heavy (non-hydrogen) atoms. The van der Waals surface area contributed by atoms with E-state index in [1.807, 2.05) is 18.2 Å². The van der Waals surface area contributed by atoms with Crippen molar-refractivity contribution in [1.82, 2.24) is 5.32 Å². The highest BCUT2D eigenvalue weighted by molar-refractivity contribution is 9.10. The van der Waals surface area contributed by atoms with Crippen LogP contribution in [0.2, 0.25) is 10.0 Å². The van der Waals surface area contributed by atoms with E-state index in [0.717, 1.165) is 15.8 Å². The van der Waals surface area contributed by atoms with Gasteiger partial charge >= 0.3 is 0 Å². The minimum absolute atomic E-state index is 0.214. The smallest absolute Gasteiger partial charge is 0.264 e. The molecule has 8 heteroatoms. The van der Waals surface area contributed by atoms with E-state index in [1.54, 1.807) is 31.4 Å². The van der Waals surface area contributed by atoms with Crippen LogP contribution in [-0.2, 0) is 4.79 Å². The zero-order valence-corrected chi connectivity index (χ0v) is 16.8. The van der Waals surface area contributed by atoms with Gasteiger partial charge in [0.15, 0.2) is 5.17 Å². The molecule has 1 aliphatic heterocycles. The van der Waals surface area contributed by atoms with E-state index in [1.165, 1.54) is 11.8 Å². The molecule has 4 nitrogen and oxygen atoms in total. The standard InChI is InChI=1S/C17H11BrCl2N2O2S/c1-24-13-6-5-9(7-10(13)18)8-14-16(23)22-17(25-14)21-12-4-2-3-11(19)15(12)20/h2-8H,1H3,(H,21,22,23)/b14-8-. The van der Waals surface area contributed by atoms with Gasteiger partial charge in [0.2, 0.25) is 0 Å². The van der Waals surface area contributed by atoms with Gasteiger partial charge in [-0.2, -0.15) is 0 Å². The molecule has 0 aromatic heterocycles. The van der Waals surface area contributed by atoms with Crippen LogP contribution in [0.25, 0.3) is 6.08 Å². The van der Waals surface area contributed by atoms with Crippen molar-refractivity contribution in [3.63, 3.8) is 0 Å². The molecular formula is C17H11BrCl2N2O2S. The summed E-state index contributed by atoms with van der Waals surface area (Å²) in [4.78, 5) is 17.1. The number of halogens is 3. The van der Waals surface area contributed by atoms with Crippen LogP contribution in [0.15, 0.2) is 50.8 Å². The quantitative estimate of drug-likeness (QED) is 0.605. The molecule has 1 saturated heterocycles. The first kappa shape index (κ1) is 18.3. The lowest BCUT2D eigenvalue weighted by atomic mass is 10.2. The molecule has 3 rings (SSSR count). The van der Waals surface area contributed by atoms with E-state index in [2.05, 4.69) is 26.2 Å². The van der Waals surface area contributed by atoms with Gasteiger partial charge in [-0.3, -0.25) is 4.79 Å². The lowest BCUT2D eigenvalue weighted by Crippen LogP contribution is -2.19. The van der Waals surface area contributed by atoms with Gasteiger partial charge in [0.05, 0.1) is 32.2 Å². The summed E-state index contributed by atoms with van der Waals surface area (Å²) in [5.74, 6) is 0.511. The first-order valence-electron chi connectivity index (χ1n) is 7.05. The van der Waals surface area contributed by atoms with E-state index in [-0.39, 0.29) is 5.91 Å². The van der Waals surface area contributed by atoms with Crippen LogP contribution < -0.4 is 10.1 Å². The fourth-order valence-corrected chi connectivity index (χ4v) is 3.82. The number of ether oxygens (including phenoxy) is 1. The van der Waals surface area contributed by atoms with Gasteiger partial charge in [-0.1, -0.05) is 35.3 Å². The highest BCUT2D eigenvalue weighted by atomic mass is 79.9. The average Bonchev–Trinajstić information content (AvgIpc) is 2.91. The molecule has 0 saturated carbocycles. The Balaban J connectivity index is 1.86. The number of hydrogen-bond acceptors (Lipinski definition) is 4. The Morgan fingerprint density at radius 2 is 2.08 bits per heavy atom. The van der Waals surface area contributed by atoms with Crippen molar-refractivity contribution in [1.29, 1.82) is 0 Å². The third kappa shape index (κ3) is 4.20. The van der Waals surface area contributed by atoms with E-state index in [9.17, 15) is 4.79 Å². The molecule has 2 aromatic carbocycles. The zero-order valence-electron chi connectivity index (χ0n) is 12.8. The number of amides is 1. The summed E-state index contributed by atoms with van der Waals surface area (Å²) in [5, 5.41) is 3.94. The lowest BCUT2D eigenvalue weighted by molar-refractivity contribution is -0.115. The summed E-state index contributed by atoms with van der Waals surface area (Å²) >= 11 is 16.8. The minimum atomic E-state index is -0.214. The molecule has 0 unspecified atom stereocenters. The number of benzene rings is 2. The van der Waals surface area contributed by atoms with Crippen molar-refractivity contribution in [2.24, 2.45) is 4.99 Å². The fraction of sp³-hybridized carbons (Fsp3) is 0.0588. The predicted molar refractivity (Wildman–Crippen MR) is 108 cm³/mol. The van der Waals surface area contributed by atoms with Crippen LogP contribution in [0.1, 0.15) is 5.56 Å².